The molecule has 5 rings (SSSR count). The minimum absolute atomic E-state index is 0.00253. The van der Waals surface area contributed by atoms with Gasteiger partial charge in [0.15, 0.2) is 17.6 Å². The minimum atomic E-state index is -4.20. The molecule has 2 aromatic rings. The molecule has 2 aromatic carbocycles. The summed E-state index contributed by atoms with van der Waals surface area (Å²) in [5.74, 6) is -3.19. The van der Waals surface area contributed by atoms with Gasteiger partial charge >= 0.3 is 6.03 Å². The third-order valence-electron chi connectivity index (χ3n) is 7.14. The third kappa shape index (κ3) is 6.33. The molecule has 42 heavy (non-hydrogen) atoms. The quantitative estimate of drug-likeness (QED) is 0.344. The Morgan fingerprint density at radius 2 is 1.33 bits per heavy atom. The van der Waals surface area contributed by atoms with Crippen LogP contribution >= 0.6 is 0 Å². The van der Waals surface area contributed by atoms with E-state index in [9.17, 15) is 37.2 Å². The van der Waals surface area contributed by atoms with E-state index < -0.39 is 39.8 Å². The lowest BCUT2D eigenvalue weighted by atomic mass is 10.2. The van der Waals surface area contributed by atoms with Crippen LogP contribution in [-0.2, 0) is 34.0 Å². The van der Waals surface area contributed by atoms with Crippen LogP contribution in [0.2, 0.25) is 0 Å². The van der Waals surface area contributed by atoms with E-state index in [1.54, 1.807) is 24.3 Å². The number of fused-ring (bicyclic) bond motifs is 1. The summed E-state index contributed by atoms with van der Waals surface area (Å²) in [5, 5.41) is 4.76. The fourth-order valence-corrected chi connectivity index (χ4v) is 5.73. The Bertz CT molecular complexity index is 1530. The van der Waals surface area contributed by atoms with E-state index in [4.69, 9.17) is 0 Å². The molecule has 0 bridgehead atoms. The summed E-state index contributed by atoms with van der Waals surface area (Å²) in [5.41, 5.74) is 0.542. The van der Waals surface area contributed by atoms with Gasteiger partial charge in [0.1, 0.15) is 0 Å². The highest BCUT2D eigenvalue weighted by Gasteiger charge is 2.44. The first-order chi connectivity index (χ1) is 19.9. The number of benzene rings is 2. The number of urea groups is 1. The normalized spacial score (nSPS) is 17.3. The maximum absolute atomic E-state index is 13.8. The number of carbonyl (C=O) groups is 6. The summed E-state index contributed by atoms with van der Waals surface area (Å²) in [7, 11) is -4.20. The number of rotatable bonds is 10. The van der Waals surface area contributed by atoms with Crippen molar-refractivity contribution in [3.8, 4) is 0 Å². The smallest absolute Gasteiger partial charge is 0.318 e. The van der Waals surface area contributed by atoms with Crippen molar-refractivity contribution in [1.82, 2.24) is 10.0 Å². The lowest BCUT2D eigenvalue weighted by Crippen LogP contribution is -2.57. The van der Waals surface area contributed by atoms with Crippen LogP contribution in [0.3, 0.4) is 0 Å². The number of ketones is 2. The highest BCUT2D eigenvalue weighted by atomic mass is 32.2. The Hall–Kier alpha value is -4.59. The van der Waals surface area contributed by atoms with Crippen molar-refractivity contribution < 1.29 is 37.2 Å². The molecule has 0 atom stereocenters. The lowest BCUT2D eigenvalue weighted by Gasteiger charge is -2.24. The van der Waals surface area contributed by atoms with Crippen molar-refractivity contribution in [3.63, 3.8) is 0 Å². The molecule has 0 saturated heterocycles. The van der Waals surface area contributed by atoms with Crippen LogP contribution in [0, 0.1) is 11.8 Å². The summed E-state index contributed by atoms with van der Waals surface area (Å²) in [6.45, 7) is 0.428. The molecule has 2 fully saturated rings. The first-order valence-corrected chi connectivity index (χ1v) is 14.9. The van der Waals surface area contributed by atoms with E-state index in [2.05, 4.69) is 10.6 Å². The van der Waals surface area contributed by atoms with E-state index in [0.717, 1.165) is 13.0 Å². The molecular weight excluding hydrogens is 566 g/mol. The Labute approximate surface area is 241 Å². The lowest BCUT2D eigenvalue weighted by molar-refractivity contribution is -0.131. The predicted octanol–water partition coefficient (Wildman–Crippen LogP) is 1.34. The van der Waals surface area contributed by atoms with Crippen LogP contribution in [0.15, 0.2) is 53.4 Å². The molecule has 2 saturated carbocycles. The maximum Gasteiger partial charge on any atom is 0.320 e. The molecule has 0 unspecified atom stereocenters. The van der Waals surface area contributed by atoms with Gasteiger partial charge in [-0.2, -0.15) is 0 Å². The van der Waals surface area contributed by atoms with Gasteiger partial charge in [-0.1, -0.05) is 18.2 Å². The van der Waals surface area contributed by atoms with Gasteiger partial charge in [-0.05, 0) is 56.0 Å². The second-order valence-electron chi connectivity index (χ2n) is 10.5. The zero-order valence-corrected chi connectivity index (χ0v) is 23.5. The van der Waals surface area contributed by atoms with Crippen molar-refractivity contribution >= 4 is 62.4 Å². The van der Waals surface area contributed by atoms with Gasteiger partial charge in [-0.15, -0.1) is 0 Å². The summed E-state index contributed by atoms with van der Waals surface area (Å²) in [4.78, 5) is 79.7. The average molecular weight is 596 g/mol. The van der Waals surface area contributed by atoms with Crippen LogP contribution in [0.4, 0.5) is 21.9 Å². The van der Waals surface area contributed by atoms with E-state index in [1.165, 1.54) is 28.0 Å². The van der Waals surface area contributed by atoms with Gasteiger partial charge in [0, 0.05) is 24.4 Å². The maximum atomic E-state index is 13.8. The van der Waals surface area contributed by atoms with Gasteiger partial charge < -0.3 is 20.4 Å². The van der Waals surface area contributed by atoms with Crippen LogP contribution in [-0.4, -0.2) is 62.9 Å². The molecular formula is C28H29N5O8S. The first kappa shape index (κ1) is 28.9. The summed E-state index contributed by atoms with van der Waals surface area (Å²) in [6.07, 6.45) is 2.85. The summed E-state index contributed by atoms with van der Waals surface area (Å²) < 4.78 is 26.6. The predicted molar refractivity (Wildman–Crippen MR) is 150 cm³/mol. The monoisotopic (exact) mass is 595 g/mol. The Morgan fingerprint density at radius 3 is 1.81 bits per heavy atom. The van der Waals surface area contributed by atoms with Crippen LogP contribution in [0.25, 0.3) is 0 Å². The molecule has 0 radical (unpaired) electrons. The Morgan fingerprint density at radius 1 is 0.810 bits per heavy atom. The van der Waals surface area contributed by atoms with Crippen molar-refractivity contribution in [2.45, 2.75) is 43.5 Å². The molecule has 0 spiro atoms. The molecule has 220 valence electrons. The third-order valence-corrected chi connectivity index (χ3v) is 8.57. The zero-order chi connectivity index (χ0) is 30.2. The van der Waals surface area contributed by atoms with Gasteiger partial charge in [0.25, 0.3) is 21.8 Å². The molecule has 3 aliphatic rings. The van der Waals surface area contributed by atoms with Gasteiger partial charge in [0.2, 0.25) is 5.91 Å². The zero-order valence-electron chi connectivity index (χ0n) is 22.7. The molecule has 13 nitrogen and oxygen atoms in total. The summed E-state index contributed by atoms with van der Waals surface area (Å²) >= 11 is 0. The summed E-state index contributed by atoms with van der Waals surface area (Å²) in [6, 6.07) is 8.68. The topological polar surface area (TPSA) is 179 Å². The van der Waals surface area contributed by atoms with Gasteiger partial charge in [0.05, 0.1) is 29.4 Å². The number of sulfonamides is 1. The number of carbonyl (C=O) groups excluding carboxylic acids is 6. The van der Waals surface area contributed by atoms with E-state index in [1.807, 2.05) is 4.72 Å². The highest BCUT2D eigenvalue weighted by Crippen LogP contribution is 2.37. The highest BCUT2D eigenvalue weighted by molar-refractivity contribution is 7.90. The van der Waals surface area contributed by atoms with Gasteiger partial charge in [-0.25, -0.2) is 17.9 Å². The second-order valence-corrected chi connectivity index (χ2v) is 12.2. The molecule has 0 aromatic heterocycles. The minimum Gasteiger partial charge on any atom is -0.318 e. The fourth-order valence-electron chi connectivity index (χ4n) is 4.69. The van der Waals surface area contributed by atoms with E-state index in [-0.39, 0.29) is 58.4 Å². The molecule has 3 N–H and O–H groups in total. The van der Waals surface area contributed by atoms with Crippen LogP contribution in [0.5, 0.6) is 0 Å². The molecule has 2 aliphatic carbocycles. The number of nitrogens with one attached hydrogen (secondary N) is 3. The second kappa shape index (κ2) is 11.4. The number of nitrogens with zero attached hydrogens (tertiary/aromatic N) is 2. The molecule has 1 aliphatic heterocycles. The number of para-hydroxylation sites is 2. The SMILES string of the molecule is CC(=O)NS(=O)(=O)c1cccc(NC(=O)NC2C(=O)N(CC(=O)C3CC3)c3ccccc3N(CC(=O)C3CC3)C2=O)c1. The van der Waals surface area contributed by atoms with Crippen molar-refractivity contribution in [2.75, 3.05) is 28.2 Å². The number of amides is 5. The van der Waals surface area contributed by atoms with E-state index >= 15 is 0 Å². The van der Waals surface area contributed by atoms with Crippen molar-refractivity contribution in [1.29, 1.82) is 0 Å². The average Bonchev–Trinajstić information content (AvgIpc) is 3.84. The first-order valence-electron chi connectivity index (χ1n) is 13.4. The van der Waals surface area contributed by atoms with Crippen molar-refractivity contribution in [2.24, 2.45) is 11.8 Å². The number of anilines is 3. The van der Waals surface area contributed by atoms with Crippen molar-refractivity contribution in [3.05, 3.63) is 48.5 Å². The van der Waals surface area contributed by atoms with E-state index in [0.29, 0.717) is 25.7 Å². The fraction of sp³-hybridized carbons (Fsp3) is 0.357. The number of Topliss-reactive ketones (excluding diaryl/α,β-unsaturated/α-hetero) is 2. The molecule has 5 amide bonds. The number of hydrogen-bond acceptors (Lipinski definition) is 8. The van der Waals surface area contributed by atoms with Crippen LogP contribution in [0.1, 0.15) is 32.6 Å². The largest absolute Gasteiger partial charge is 0.320 e. The molecule has 1 heterocycles. The Balaban J connectivity index is 1.43. The number of hydrogen-bond donors (Lipinski definition) is 3. The molecule has 14 heteroatoms. The van der Waals surface area contributed by atoms with Gasteiger partial charge in [-0.3, -0.25) is 24.0 Å². The van der Waals surface area contributed by atoms with Crippen LogP contribution < -0.4 is 25.2 Å². The Kier molecular flexibility index (Phi) is 7.82. The standard InChI is InChI=1S/C28H29N5O8S/c1-16(34)31-42(40,41)20-6-4-5-19(13-20)29-28(39)30-25-26(37)32(14-23(35)17-9-10-17)21-7-2-3-8-22(21)33(27(25)38)15-24(36)18-11-12-18/h2-8,13,17-18,25H,9-12,14-15H2,1H3,(H,31,34)(H2,29,30,39).